The van der Waals surface area contributed by atoms with Crippen LogP contribution in [-0.2, 0) is 0 Å². The lowest BCUT2D eigenvalue weighted by atomic mass is 10.3. The molecule has 0 unspecified atom stereocenters. The highest BCUT2D eigenvalue weighted by Gasteiger charge is 2.21. The Labute approximate surface area is 116 Å². The number of aromatic nitrogens is 1. The summed E-state index contributed by atoms with van der Waals surface area (Å²) >= 11 is 1.36. The van der Waals surface area contributed by atoms with Crippen molar-refractivity contribution in [2.45, 2.75) is 25.7 Å². The predicted molar refractivity (Wildman–Crippen MR) is 76.6 cm³/mol. The summed E-state index contributed by atoms with van der Waals surface area (Å²) in [5.41, 5.74) is 5.81. The fourth-order valence-electron chi connectivity index (χ4n) is 2.05. The van der Waals surface area contributed by atoms with E-state index < -0.39 is 0 Å². The zero-order chi connectivity index (χ0) is 13.7. The number of hydrogen-bond acceptors (Lipinski definition) is 6. The summed E-state index contributed by atoms with van der Waals surface area (Å²) < 4.78 is 0. The Bertz CT molecular complexity index is 429. The van der Waals surface area contributed by atoms with E-state index in [0.717, 1.165) is 24.6 Å². The van der Waals surface area contributed by atoms with E-state index in [-0.39, 0.29) is 12.5 Å². The molecule has 1 saturated heterocycles. The SMILES string of the molecule is Nc1nc(N2CCCC2)sc1C(=O)NCCCCO. The van der Waals surface area contributed by atoms with E-state index in [4.69, 9.17) is 10.8 Å². The number of amides is 1. The van der Waals surface area contributed by atoms with E-state index in [9.17, 15) is 4.79 Å². The summed E-state index contributed by atoms with van der Waals surface area (Å²) in [6.45, 7) is 2.68. The number of aliphatic hydroxyl groups excluding tert-OH is 1. The first kappa shape index (κ1) is 14.1. The third-order valence-corrected chi connectivity index (χ3v) is 4.23. The van der Waals surface area contributed by atoms with Gasteiger partial charge < -0.3 is 21.1 Å². The summed E-state index contributed by atoms with van der Waals surface area (Å²) in [6, 6.07) is 0. The second-order valence-electron chi connectivity index (χ2n) is 4.59. The standard InChI is InChI=1S/C12H20N4O2S/c13-10-9(11(18)14-5-1-4-8-17)19-12(15-10)16-6-2-3-7-16/h17H,1-8,13H2,(H,14,18). The molecule has 0 atom stereocenters. The van der Waals surface area contributed by atoms with Crippen LogP contribution in [0.5, 0.6) is 0 Å². The van der Waals surface area contributed by atoms with E-state index >= 15 is 0 Å². The summed E-state index contributed by atoms with van der Waals surface area (Å²) in [7, 11) is 0. The molecule has 0 aliphatic carbocycles. The molecule has 1 aromatic heterocycles. The molecule has 2 rings (SSSR count). The quantitative estimate of drug-likeness (QED) is 0.673. The van der Waals surface area contributed by atoms with E-state index in [1.54, 1.807) is 0 Å². The highest BCUT2D eigenvalue weighted by atomic mass is 32.1. The van der Waals surface area contributed by atoms with Gasteiger partial charge in [0.05, 0.1) is 0 Å². The first-order chi connectivity index (χ1) is 9.22. The molecule has 0 saturated carbocycles. The molecule has 1 aliphatic heterocycles. The minimum Gasteiger partial charge on any atom is -0.396 e. The lowest BCUT2D eigenvalue weighted by Gasteiger charge is -2.11. The van der Waals surface area contributed by atoms with Gasteiger partial charge in [-0.15, -0.1) is 0 Å². The smallest absolute Gasteiger partial charge is 0.265 e. The van der Waals surface area contributed by atoms with Crippen molar-refractivity contribution >= 4 is 28.2 Å². The Morgan fingerprint density at radius 2 is 2.16 bits per heavy atom. The number of aliphatic hydroxyl groups is 1. The van der Waals surface area contributed by atoms with Gasteiger partial charge in [-0.2, -0.15) is 0 Å². The molecule has 1 fully saturated rings. The van der Waals surface area contributed by atoms with Crippen molar-refractivity contribution in [1.29, 1.82) is 0 Å². The van der Waals surface area contributed by atoms with Gasteiger partial charge in [-0.3, -0.25) is 4.79 Å². The molecular weight excluding hydrogens is 264 g/mol. The number of nitrogens with one attached hydrogen (secondary N) is 1. The number of rotatable bonds is 6. The largest absolute Gasteiger partial charge is 0.396 e. The van der Waals surface area contributed by atoms with Crippen molar-refractivity contribution in [2.24, 2.45) is 0 Å². The molecule has 7 heteroatoms. The number of unbranched alkanes of at least 4 members (excludes halogenated alkanes) is 1. The average molecular weight is 284 g/mol. The Morgan fingerprint density at radius 1 is 1.42 bits per heavy atom. The molecule has 1 amide bonds. The maximum Gasteiger partial charge on any atom is 0.265 e. The van der Waals surface area contributed by atoms with Crippen molar-refractivity contribution in [2.75, 3.05) is 36.9 Å². The van der Waals surface area contributed by atoms with Gasteiger partial charge in [-0.05, 0) is 25.7 Å². The number of nitrogens with two attached hydrogens (primary N) is 1. The van der Waals surface area contributed by atoms with Gasteiger partial charge >= 0.3 is 0 Å². The van der Waals surface area contributed by atoms with Gasteiger partial charge in [0.2, 0.25) is 0 Å². The van der Waals surface area contributed by atoms with Crippen molar-refractivity contribution in [3.05, 3.63) is 4.88 Å². The van der Waals surface area contributed by atoms with Crippen LogP contribution < -0.4 is 16.0 Å². The summed E-state index contributed by atoms with van der Waals surface area (Å²) in [5, 5.41) is 12.3. The normalized spacial score (nSPS) is 14.9. The van der Waals surface area contributed by atoms with Gasteiger partial charge in [0.15, 0.2) is 5.13 Å². The summed E-state index contributed by atoms with van der Waals surface area (Å²) in [5.74, 6) is 0.143. The second-order valence-corrected chi connectivity index (χ2v) is 5.57. The molecule has 1 aliphatic rings. The number of nitrogen functional groups attached to an aromatic ring is 1. The number of carbonyl (C=O) groups is 1. The van der Waals surface area contributed by atoms with Crippen molar-refractivity contribution in [1.82, 2.24) is 10.3 Å². The lowest BCUT2D eigenvalue weighted by Crippen LogP contribution is -2.24. The van der Waals surface area contributed by atoms with Gasteiger partial charge in [0.1, 0.15) is 10.7 Å². The monoisotopic (exact) mass is 284 g/mol. The van der Waals surface area contributed by atoms with Crippen molar-refractivity contribution in [3.8, 4) is 0 Å². The molecule has 6 nitrogen and oxygen atoms in total. The molecule has 0 aromatic carbocycles. The molecule has 2 heterocycles. The van der Waals surface area contributed by atoms with Crippen LogP contribution in [0, 0.1) is 0 Å². The van der Waals surface area contributed by atoms with Crippen LogP contribution in [-0.4, -0.2) is 42.2 Å². The van der Waals surface area contributed by atoms with E-state index in [0.29, 0.717) is 23.7 Å². The Morgan fingerprint density at radius 3 is 2.84 bits per heavy atom. The minimum absolute atomic E-state index is 0.150. The van der Waals surface area contributed by atoms with Crippen molar-refractivity contribution < 1.29 is 9.90 Å². The number of anilines is 2. The molecule has 1 aromatic rings. The molecule has 0 bridgehead atoms. The van der Waals surface area contributed by atoms with Crippen LogP contribution in [0.1, 0.15) is 35.4 Å². The van der Waals surface area contributed by atoms with E-state index in [1.165, 1.54) is 24.2 Å². The lowest BCUT2D eigenvalue weighted by molar-refractivity contribution is 0.0957. The average Bonchev–Trinajstić information content (AvgIpc) is 3.03. The van der Waals surface area contributed by atoms with Crippen LogP contribution in [0.3, 0.4) is 0 Å². The van der Waals surface area contributed by atoms with Crippen LogP contribution in [0.25, 0.3) is 0 Å². The van der Waals surface area contributed by atoms with Crippen LogP contribution in [0.4, 0.5) is 10.9 Å². The van der Waals surface area contributed by atoms with Crippen molar-refractivity contribution in [3.63, 3.8) is 0 Å². The van der Waals surface area contributed by atoms with E-state index in [2.05, 4.69) is 15.2 Å². The molecular formula is C12H20N4O2S. The zero-order valence-corrected chi connectivity index (χ0v) is 11.7. The molecule has 106 valence electrons. The highest BCUT2D eigenvalue weighted by molar-refractivity contribution is 7.18. The molecule has 4 N–H and O–H groups in total. The highest BCUT2D eigenvalue weighted by Crippen LogP contribution is 2.30. The maximum absolute atomic E-state index is 12.0. The number of nitrogens with zero attached hydrogens (tertiary/aromatic N) is 2. The van der Waals surface area contributed by atoms with E-state index in [1.807, 2.05) is 0 Å². The van der Waals surface area contributed by atoms with Crippen LogP contribution in [0.2, 0.25) is 0 Å². The van der Waals surface area contributed by atoms with Crippen LogP contribution >= 0.6 is 11.3 Å². The fraction of sp³-hybridized carbons (Fsp3) is 0.667. The number of carbonyl (C=O) groups excluding carboxylic acids is 1. The molecule has 0 spiro atoms. The third kappa shape index (κ3) is 3.57. The van der Waals surface area contributed by atoms with Gasteiger partial charge in [0, 0.05) is 26.2 Å². The topological polar surface area (TPSA) is 91.5 Å². The van der Waals surface area contributed by atoms with Gasteiger partial charge in [-0.1, -0.05) is 11.3 Å². The van der Waals surface area contributed by atoms with Gasteiger partial charge in [0.25, 0.3) is 5.91 Å². The maximum atomic E-state index is 12.0. The first-order valence-electron chi connectivity index (χ1n) is 6.62. The Kier molecular flexibility index (Phi) is 4.98. The predicted octanol–water partition coefficient (Wildman–Crippen LogP) is 0.828. The molecule has 19 heavy (non-hydrogen) atoms. The van der Waals surface area contributed by atoms with Gasteiger partial charge in [-0.25, -0.2) is 4.98 Å². The summed E-state index contributed by atoms with van der Waals surface area (Å²) in [4.78, 5) is 18.9. The molecule has 0 radical (unpaired) electrons. The minimum atomic E-state index is -0.168. The third-order valence-electron chi connectivity index (χ3n) is 3.10. The first-order valence-corrected chi connectivity index (χ1v) is 7.44. The second kappa shape index (κ2) is 6.72. The number of hydrogen-bond donors (Lipinski definition) is 3. The van der Waals surface area contributed by atoms with Crippen LogP contribution in [0.15, 0.2) is 0 Å². The number of thiazole rings is 1. The summed E-state index contributed by atoms with van der Waals surface area (Å²) in [6.07, 6.45) is 3.79. The Hall–Kier alpha value is -1.34. The fourth-order valence-corrected chi connectivity index (χ4v) is 3.00. The Balaban J connectivity index is 1.93. The zero-order valence-electron chi connectivity index (χ0n) is 10.9.